The van der Waals surface area contributed by atoms with Crippen molar-refractivity contribution in [3.63, 3.8) is 0 Å². The quantitative estimate of drug-likeness (QED) is 0.177. The highest BCUT2D eigenvalue weighted by atomic mass is 79.9. The molecule has 0 spiro atoms. The summed E-state index contributed by atoms with van der Waals surface area (Å²) in [5.41, 5.74) is 0.503. The van der Waals surface area contributed by atoms with Crippen LogP contribution in [0.2, 0.25) is 5.02 Å². The lowest BCUT2D eigenvalue weighted by atomic mass is 10.2. The van der Waals surface area contributed by atoms with Crippen LogP contribution in [0, 0.1) is 0 Å². The SMILES string of the molecule is COc1ccc(Cl)cc1-c1nnc(S/C(=C\c2cc(Br)c(Sc3ccccc3)o2)C(=O)O)o1. The number of rotatable bonds is 8. The topological polar surface area (TPSA) is 98.6 Å². The third kappa shape index (κ3) is 5.83. The van der Waals surface area contributed by atoms with E-state index in [1.807, 2.05) is 30.3 Å². The fourth-order valence-corrected chi connectivity index (χ4v) is 4.85. The Morgan fingerprint density at radius 3 is 2.67 bits per heavy atom. The predicted molar refractivity (Wildman–Crippen MR) is 130 cm³/mol. The van der Waals surface area contributed by atoms with E-state index in [0.717, 1.165) is 16.7 Å². The van der Waals surface area contributed by atoms with Gasteiger partial charge in [-0.25, -0.2) is 4.79 Å². The number of halogens is 2. The van der Waals surface area contributed by atoms with Crippen LogP contribution in [0.5, 0.6) is 5.75 Å². The summed E-state index contributed by atoms with van der Waals surface area (Å²) in [6.07, 6.45) is 1.40. The molecule has 0 radical (unpaired) electrons. The lowest BCUT2D eigenvalue weighted by molar-refractivity contribution is -0.131. The Morgan fingerprint density at radius 1 is 1.15 bits per heavy atom. The fourth-order valence-electron chi connectivity index (χ4n) is 2.67. The highest BCUT2D eigenvalue weighted by molar-refractivity contribution is 9.10. The number of hydrogen-bond donors (Lipinski definition) is 1. The van der Waals surface area contributed by atoms with Gasteiger partial charge in [-0.15, -0.1) is 10.2 Å². The van der Waals surface area contributed by atoms with Gasteiger partial charge in [0.05, 0.1) is 17.1 Å². The molecule has 2 aromatic heterocycles. The van der Waals surface area contributed by atoms with Crippen molar-refractivity contribution in [2.45, 2.75) is 15.2 Å². The van der Waals surface area contributed by atoms with Gasteiger partial charge in [0.1, 0.15) is 16.4 Å². The number of furan rings is 1. The van der Waals surface area contributed by atoms with E-state index in [0.29, 0.717) is 31.7 Å². The molecule has 11 heteroatoms. The minimum atomic E-state index is -1.16. The number of benzene rings is 2. The van der Waals surface area contributed by atoms with Gasteiger partial charge in [-0.3, -0.25) is 0 Å². The minimum Gasteiger partial charge on any atom is -0.496 e. The van der Waals surface area contributed by atoms with Crippen molar-refractivity contribution < 1.29 is 23.5 Å². The molecule has 0 saturated carbocycles. The summed E-state index contributed by atoms with van der Waals surface area (Å²) in [6, 6.07) is 16.4. The number of hydrogen-bond acceptors (Lipinski definition) is 8. The van der Waals surface area contributed by atoms with Gasteiger partial charge in [0, 0.05) is 16.0 Å². The maximum atomic E-state index is 11.8. The van der Waals surface area contributed by atoms with Crippen LogP contribution in [0.15, 0.2) is 88.0 Å². The average molecular weight is 566 g/mol. The third-order valence-electron chi connectivity index (χ3n) is 4.11. The minimum absolute atomic E-state index is 0.0465. The Hall–Kier alpha value is -2.66. The molecule has 4 aromatic rings. The molecule has 0 aliphatic heterocycles. The number of carboxylic acid groups (broad SMARTS) is 1. The predicted octanol–water partition coefficient (Wildman–Crippen LogP) is 7.12. The largest absolute Gasteiger partial charge is 0.496 e. The first-order chi connectivity index (χ1) is 15.9. The summed E-state index contributed by atoms with van der Waals surface area (Å²) in [5.74, 6) is -0.146. The van der Waals surface area contributed by atoms with Crippen molar-refractivity contribution >= 4 is 63.1 Å². The van der Waals surface area contributed by atoms with Crippen LogP contribution in [-0.2, 0) is 4.79 Å². The highest BCUT2D eigenvalue weighted by Crippen LogP contribution is 2.38. The van der Waals surface area contributed by atoms with Gasteiger partial charge in [-0.2, -0.15) is 0 Å². The zero-order valence-electron chi connectivity index (χ0n) is 16.8. The molecule has 4 rings (SSSR count). The lowest BCUT2D eigenvalue weighted by Crippen LogP contribution is -1.96. The second kappa shape index (κ2) is 10.5. The molecule has 1 N–H and O–H groups in total. The van der Waals surface area contributed by atoms with Gasteiger partial charge in [-0.1, -0.05) is 41.6 Å². The van der Waals surface area contributed by atoms with E-state index in [9.17, 15) is 9.90 Å². The molecule has 0 saturated heterocycles. The van der Waals surface area contributed by atoms with Crippen molar-refractivity contribution in [3.05, 3.63) is 74.8 Å². The van der Waals surface area contributed by atoms with Crippen LogP contribution in [0.4, 0.5) is 0 Å². The van der Waals surface area contributed by atoms with E-state index < -0.39 is 5.97 Å². The van der Waals surface area contributed by atoms with E-state index in [-0.39, 0.29) is 16.0 Å². The van der Waals surface area contributed by atoms with Gasteiger partial charge in [0.2, 0.25) is 0 Å². The lowest BCUT2D eigenvalue weighted by Gasteiger charge is -2.04. The van der Waals surface area contributed by atoms with Crippen molar-refractivity contribution in [1.29, 1.82) is 0 Å². The Labute approximate surface area is 210 Å². The third-order valence-corrected chi connectivity index (χ3v) is 7.04. The van der Waals surface area contributed by atoms with E-state index in [1.54, 1.807) is 24.3 Å². The van der Waals surface area contributed by atoms with E-state index in [4.69, 9.17) is 25.2 Å². The monoisotopic (exact) mass is 564 g/mol. The fraction of sp³-hybridized carbons (Fsp3) is 0.0455. The maximum absolute atomic E-state index is 11.8. The zero-order chi connectivity index (χ0) is 23.4. The van der Waals surface area contributed by atoms with Crippen molar-refractivity contribution in [2.75, 3.05) is 7.11 Å². The Morgan fingerprint density at radius 2 is 1.94 bits per heavy atom. The first kappa shape index (κ1) is 23.5. The molecule has 0 unspecified atom stereocenters. The molecular weight excluding hydrogens is 552 g/mol. The summed E-state index contributed by atoms with van der Waals surface area (Å²) in [4.78, 5) is 12.8. The first-order valence-corrected chi connectivity index (χ1v) is 12.1. The number of ether oxygens (including phenoxy) is 1. The number of carbonyl (C=O) groups is 1. The highest BCUT2D eigenvalue weighted by Gasteiger charge is 2.19. The summed E-state index contributed by atoms with van der Waals surface area (Å²) in [6.45, 7) is 0. The van der Waals surface area contributed by atoms with E-state index in [1.165, 1.54) is 24.9 Å². The van der Waals surface area contributed by atoms with Crippen molar-refractivity contribution in [1.82, 2.24) is 10.2 Å². The molecular formula is C22H14BrClN2O5S2. The number of methoxy groups -OCH3 is 1. The van der Waals surface area contributed by atoms with Crippen LogP contribution in [0.1, 0.15) is 5.76 Å². The number of thioether (sulfide) groups is 1. The number of carboxylic acids is 1. The van der Waals surface area contributed by atoms with Crippen molar-refractivity contribution in [2.24, 2.45) is 0 Å². The molecule has 7 nitrogen and oxygen atoms in total. The summed E-state index contributed by atoms with van der Waals surface area (Å²) in [5, 5.41) is 18.7. The molecule has 2 aromatic carbocycles. The van der Waals surface area contributed by atoms with Gasteiger partial charge in [0.25, 0.3) is 11.1 Å². The standard InChI is InChI=1S/C22H14BrClN2O5S2/c1-29-17-8-7-12(24)9-15(17)19-25-26-22(31-19)33-18(20(27)28)11-13-10-16(23)21(30-13)32-14-5-3-2-4-6-14/h2-11H,1H3,(H,27,28)/b18-11-. The Balaban J connectivity index is 1.57. The van der Waals surface area contributed by atoms with Gasteiger partial charge >= 0.3 is 5.97 Å². The smallest absolute Gasteiger partial charge is 0.342 e. The van der Waals surface area contributed by atoms with Gasteiger partial charge in [0.15, 0.2) is 5.09 Å². The number of aromatic nitrogens is 2. The number of aliphatic carboxylic acids is 1. The summed E-state index contributed by atoms with van der Waals surface area (Å²) in [7, 11) is 1.51. The molecule has 0 bridgehead atoms. The van der Waals surface area contributed by atoms with Gasteiger partial charge < -0.3 is 18.7 Å². The van der Waals surface area contributed by atoms with Crippen molar-refractivity contribution in [3.8, 4) is 17.2 Å². The Bertz CT molecular complexity index is 1320. The average Bonchev–Trinajstić information content (AvgIpc) is 3.40. The normalized spacial score (nSPS) is 11.5. The molecule has 0 fully saturated rings. The first-order valence-electron chi connectivity index (χ1n) is 9.25. The van der Waals surface area contributed by atoms with Crippen LogP contribution in [-0.4, -0.2) is 28.4 Å². The van der Waals surface area contributed by atoms with E-state index >= 15 is 0 Å². The van der Waals surface area contributed by atoms with Crippen LogP contribution in [0.25, 0.3) is 17.5 Å². The second-order valence-electron chi connectivity index (χ2n) is 6.33. The summed E-state index contributed by atoms with van der Waals surface area (Å²) < 4.78 is 17.5. The Kier molecular flexibility index (Phi) is 7.49. The van der Waals surface area contributed by atoms with Crippen LogP contribution >= 0.6 is 51.1 Å². The van der Waals surface area contributed by atoms with Gasteiger partial charge in [-0.05, 0) is 64.1 Å². The molecule has 0 amide bonds. The maximum Gasteiger partial charge on any atom is 0.342 e. The molecule has 33 heavy (non-hydrogen) atoms. The molecule has 0 atom stereocenters. The zero-order valence-corrected chi connectivity index (χ0v) is 20.8. The molecule has 0 aliphatic rings. The molecule has 0 aliphatic carbocycles. The number of nitrogens with zero attached hydrogens (tertiary/aromatic N) is 2. The summed E-state index contributed by atoms with van der Waals surface area (Å²) >= 11 is 11.7. The molecule has 2 heterocycles. The molecule has 168 valence electrons. The van der Waals surface area contributed by atoms with Crippen LogP contribution < -0.4 is 4.74 Å². The second-order valence-corrected chi connectivity index (χ2v) is 9.66. The van der Waals surface area contributed by atoms with E-state index in [2.05, 4.69) is 26.1 Å². The van der Waals surface area contributed by atoms with Crippen LogP contribution in [0.3, 0.4) is 0 Å².